The van der Waals surface area contributed by atoms with Gasteiger partial charge >= 0.3 is 0 Å². The first-order valence-electron chi connectivity index (χ1n) is 5.45. The maximum absolute atomic E-state index is 11.6. The average Bonchev–Trinajstić information content (AvgIpc) is 2.22. The molecule has 0 spiro atoms. The molecule has 0 radical (unpaired) electrons. The molecule has 6 heteroatoms. The quantitative estimate of drug-likeness (QED) is 0.873. The minimum absolute atomic E-state index is 0.246. The molecule has 1 aliphatic carbocycles. The van der Waals surface area contributed by atoms with Gasteiger partial charge in [0.25, 0.3) is 0 Å². The van der Waals surface area contributed by atoms with Gasteiger partial charge in [-0.3, -0.25) is 0 Å². The van der Waals surface area contributed by atoms with Crippen LogP contribution in [0.15, 0.2) is 23.2 Å². The molecule has 5 nitrogen and oxygen atoms in total. The van der Waals surface area contributed by atoms with Gasteiger partial charge in [0.05, 0.1) is 6.10 Å². The molecular weight excluding hydrogens is 240 g/mol. The summed E-state index contributed by atoms with van der Waals surface area (Å²) in [5, 5.41) is 3.15. The van der Waals surface area contributed by atoms with E-state index in [0.717, 1.165) is 12.8 Å². The Hall–Kier alpha value is -1.14. The Bertz CT molecular complexity index is 495. The van der Waals surface area contributed by atoms with Gasteiger partial charge in [-0.15, -0.1) is 0 Å². The van der Waals surface area contributed by atoms with E-state index in [9.17, 15) is 8.42 Å². The van der Waals surface area contributed by atoms with Crippen LogP contribution in [-0.4, -0.2) is 38.9 Å². The SMILES string of the molecule is COC1CC(Nc2ncccc2S(C)(=O)=O)C1. The molecular formula is C11H16N2O3S. The van der Waals surface area contributed by atoms with Crippen LogP contribution in [0.25, 0.3) is 0 Å². The molecule has 0 aliphatic heterocycles. The van der Waals surface area contributed by atoms with Crippen LogP contribution >= 0.6 is 0 Å². The van der Waals surface area contributed by atoms with E-state index in [1.54, 1.807) is 25.4 Å². The van der Waals surface area contributed by atoms with Crippen LogP contribution < -0.4 is 5.32 Å². The maximum atomic E-state index is 11.6. The number of pyridine rings is 1. The fourth-order valence-electron chi connectivity index (χ4n) is 1.87. The van der Waals surface area contributed by atoms with E-state index in [0.29, 0.717) is 5.82 Å². The van der Waals surface area contributed by atoms with Crippen molar-refractivity contribution in [3.63, 3.8) is 0 Å². The summed E-state index contributed by atoms with van der Waals surface area (Å²) in [7, 11) is -1.55. The molecule has 1 heterocycles. The Balaban J connectivity index is 2.12. The second kappa shape index (κ2) is 4.62. The Labute approximate surface area is 101 Å². The second-order valence-corrected chi connectivity index (χ2v) is 6.28. The van der Waals surface area contributed by atoms with Gasteiger partial charge in [-0.05, 0) is 25.0 Å². The number of nitrogens with zero attached hydrogens (tertiary/aromatic N) is 1. The zero-order valence-electron chi connectivity index (χ0n) is 9.88. The minimum Gasteiger partial charge on any atom is -0.381 e. The Morgan fingerprint density at radius 1 is 1.47 bits per heavy atom. The lowest BCUT2D eigenvalue weighted by atomic mass is 9.89. The minimum atomic E-state index is -3.24. The van der Waals surface area contributed by atoms with E-state index >= 15 is 0 Å². The highest BCUT2D eigenvalue weighted by Gasteiger charge is 2.30. The predicted molar refractivity (Wildman–Crippen MR) is 64.8 cm³/mol. The third-order valence-corrected chi connectivity index (χ3v) is 4.07. The van der Waals surface area contributed by atoms with Crippen LogP contribution in [0.1, 0.15) is 12.8 Å². The van der Waals surface area contributed by atoms with Crippen LogP contribution in [0.3, 0.4) is 0 Å². The van der Waals surface area contributed by atoms with Crippen LogP contribution in [0.5, 0.6) is 0 Å². The van der Waals surface area contributed by atoms with E-state index in [-0.39, 0.29) is 17.0 Å². The number of ether oxygens (including phenoxy) is 1. The van der Waals surface area contributed by atoms with E-state index in [1.165, 1.54) is 6.26 Å². The molecule has 0 aromatic carbocycles. The van der Waals surface area contributed by atoms with E-state index < -0.39 is 9.84 Å². The van der Waals surface area contributed by atoms with Gasteiger partial charge in [0.1, 0.15) is 10.7 Å². The summed E-state index contributed by atoms with van der Waals surface area (Å²) in [5.74, 6) is 0.439. The van der Waals surface area contributed by atoms with Crippen LogP contribution in [0.2, 0.25) is 0 Å². The van der Waals surface area contributed by atoms with Crippen molar-refractivity contribution in [1.29, 1.82) is 0 Å². The molecule has 1 aliphatic rings. The van der Waals surface area contributed by atoms with Crippen molar-refractivity contribution in [2.75, 3.05) is 18.7 Å². The Morgan fingerprint density at radius 2 is 2.18 bits per heavy atom. The molecule has 94 valence electrons. The molecule has 0 saturated heterocycles. The van der Waals surface area contributed by atoms with Crippen molar-refractivity contribution in [2.24, 2.45) is 0 Å². The van der Waals surface area contributed by atoms with Gasteiger partial charge in [0.15, 0.2) is 9.84 Å². The molecule has 1 saturated carbocycles. The third-order valence-electron chi connectivity index (χ3n) is 2.94. The molecule has 0 unspecified atom stereocenters. The number of sulfone groups is 1. The molecule has 0 bridgehead atoms. The number of nitrogens with one attached hydrogen (secondary N) is 1. The Kier molecular flexibility index (Phi) is 3.35. The largest absolute Gasteiger partial charge is 0.381 e. The average molecular weight is 256 g/mol. The number of methoxy groups -OCH3 is 1. The molecule has 1 N–H and O–H groups in total. The topological polar surface area (TPSA) is 68.3 Å². The zero-order chi connectivity index (χ0) is 12.5. The smallest absolute Gasteiger partial charge is 0.179 e. The summed E-state index contributed by atoms with van der Waals surface area (Å²) in [6.45, 7) is 0. The normalized spacial score (nSPS) is 24.1. The molecule has 0 atom stereocenters. The first kappa shape index (κ1) is 12.3. The lowest BCUT2D eigenvalue weighted by molar-refractivity contribution is 0.0327. The van der Waals surface area contributed by atoms with Crippen molar-refractivity contribution in [3.8, 4) is 0 Å². The van der Waals surface area contributed by atoms with Crippen molar-refractivity contribution >= 4 is 15.7 Å². The van der Waals surface area contributed by atoms with E-state index in [1.807, 2.05) is 0 Å². The molecule has 1 aromatic heterocycles. The molecule has 1 fully saturated rings. The van der Waals surface area contributed by atoms with Gasteiger partial charge in [-0.25, -0.2) is 13.4 Å². The third kappa shape index (κ3) is 2.76. The van der Waals surface area contributed by atoms with Crippen molar-refractivity contribution < 1.29 is 13.2 Å². The van der Waals surface area contributed by atoms with E-state index in [2.05, 4.69) is 10.3 Å². The van der Waals surface area contributed by atoms with Crippen molar-refractivity contribution in [3.05, 3.63) is 18.3 Å². The van der Waals surface area contributed by atoms with Gasteiger partial charge in [-0.2, -0.15) is 0 Å². The molecule has 1 aromatic rings. The van der Waals surface area contributed by atoms with Crippen LogP contribution in [0, 0.1) is 0 Å². The summed E-state index contributed by atoms with van der Waals surface area (Å²) < 4.78 is 28.3. The van der Waals surface area contributed by atoms with Gasteiger partial charge < -0.3 is 10.1 Å². The molecule has 0 amide bonds. The van der Waals surface area contributed by atoms with Crippen LogP contribution in [0.4, 0.5) is 5.82 Å². The van der Waals surface area contributed by atoms with Gasteiger partial charge in [0, 0.05) is 25.6 Å². The lowest BCUT2D eigenvalue weighted by Crippen LogP contribution is -2.40. The highest BCUT2D eigenvalue weighted by Crippen LogP contribution is 2.28. The first-order chi connectivity index (χ1) is 8.00. The molecule has 17 heavy (non-hydrogen) atoms. The number of anilines is 1. The predicted octanol–water partition coefficient (Wildman–Crippen LogP) is 1.07. The highest BCUT2D eigenvalue weighted by atomic mass is 32.2. The summed E-state index contributed by atoms with van der Waals surface area (Å²) >= 11 is 0. The summed E-state index contributed by atoms with van der Waals surface area (Å²) in [6.07, 6.45) is 4.82. The number of rotatable bonds is 4. The maximum Gasteiger partial charge on any atom is 0.179 e. The number of aromatic nitrogens is 1. The summed E-state index contributed by atoms with van der Waals surface area (Å²) in [6, 6.07) is 3.44. The fraction of sp³-hybridized carbons (Fsp3) is 0.545. The van der Waals surface area contributed by atoms with Crippen LogP contribution in [-0.2, 0) is 14.6 Å². The fourth-order valence-corrected chi connectivity index (χ4v) is 2.66. The summed E-state index contributed by atoms with van der Waals surface area (Å²) in [5.41, 5.74) is 0. The van der Waals surface area contributed by atoms with Gasteiger partial charge in [0.2, 0.25) is 0 Å². The number of hydrogen-bond donors (Lipinski definition) is 1. The zero-order valence-corrected chi connectivity index (χ0v) is 10.7. The van der Waals surface area contributed by atoms with E-state index in [4.69, 9.17) is 4.74 Å². The number of hydrogen-bond acceptors (Lipinski definition) is 5. The first-order valence-corrected chi connectivity index (χ1v) is 7.34. The summed E-state index contributed by atoms with van der Waals surface area (Å²) in [4.78, 5) is 4.34. The highest BCUT2D eigenvalue weighted by molar-refractivity contribution is 7.90. The molecule has 2 rings (SSSR count). The Morgan fingerprint density at radius 3 is 2.76 bits per heavy atom. The lowest BCUT2D eigenvalue weighted by Gasteiger charge is -2.35. The second-order valence-electron chi connectivity index (χ2n) is 4.29. The van der Waals surface area contributed by atoms with Gasteiger partial charge in [-0.1, -0.05) is 0 Å². The van der Waals surface area contributed by atoms with Crippen molar-refractivity contribution in [1.82, 2.24) is 4.98 Å². The monoisotopic (exact) mass is 256 g/mol. The standard InChI is InChI=1S/C11H16N2O3S/c1-16-9-6-8(7-9)13-11-10(17(2,14)15)4-3-5-12-11/h3-5,8-9H,6-7H2,1-2H3,(H,12,13). The van der Waals surface area contributed by atoms with Crippen molar-refractivity contribution in [2.45, 2.75) is 29.9 Å².